The summed E-state index contributed by atoms with van der Waals surface area (Å²) in [6.45, 7) is 0.502. The van der Waals surface area contributed by atoms with Crippen molar-refractivity contribution in [2.75, 3.05) is 0 Å². The third-order valence-corrected chi connectivity index (χ3v) is 6.23. The Morgan fingerprint density at radius 2 is 1.81 bits per heavy atom. The van der Waals surface area contributed by atoms with Crippen LogP contribution in [-0.2, 0) is 12.7 Å². The number of amides is 1. The molecule has 2 atom stereocenters. The van der Waals surface area contributed by atoms with Crippen LogP contribution in [0.15, 0.2) is 53.1 Å². The molecule has 1 saturated carbocycles. The maximum absolute atomic E-state index is 13.3. The van der Waals surface area contributed by atoms with Gasteiger partial charge in [-0.2, -0.15) is 18.2 Å². The van der Waals surface area contributed by atoms with E-state index in [0.29, 0.717) is 17.7 Å². The van der Waals surface area contributed by atoms with E-state index in [0.717, 1.165) is 31.2 Å². The normalized spacial score (nSPS) is 21.4. The van der Waals surface area contributed by atoms with Crippen LogP contribution in [0.25, 0.3) is 11.4 Å². The van der Waals surface area contributed by atoms with E-state index in [1.807, 2.05) is 23.1 Å². The molecule has 1 amide bonds. The number of rotatable bonds is 3. The van der Waals surface area contributed by atoms with Crippen LogP contribution in [0.4, 0.5) is 13.2 Å². The minimum atomic E-state index is -4.71. The molecule has 0 bridgehead atoms. The first-order valence-corrected chi connectivity index (χ1v) is 10.3. The minimum absolute atomic E-state index is 0.0933. The Bertz CT molecular complexity index is 1110. The third-order valence-electron chi connectivity index (χ3n) is 6.23. The van der Waals surface area contributed by atoms with Gasteiger partial charge in [0.2, 0.25) is 5.82 Å². The van der Waals surface area contributed by atoms with Crippen molar-refractivity contribution < 1.29 is 22.5 Å². The van der Waals surface area contributed by atoms with Crippen molar-refractivity contribution in [1.82, 2.24) is 15.0 Å². The maximum atomic E-state index is 13.3. The predicted octanol–water partition coefficient (Wildman–Crippen LogP) is 5.44. The maximum Gasteiger partial charge on any atom is 0.471 e. The number of carbonyl (C=O) groups is 1. The summed E-state index contributed by atoms with van der Waals surface area (Å²) in [4.78, 5) is 18.7. The molecular weight excluding hydrogens is 407 g/mol. The van der Waals surface area contributed by atoms with E-state index in [4.69, 9.17) is 0 Å². The molecule has 0 saturated heterocycles. The summed E-state index contributed by atoms with van der Waals surface area (Å²) >= 11 is 0. The van der Waals surface area contributed by atoms with Gasteiger partial charge in [0.1, 0.15) is 0 Å². The number of carbonyl (C=O) groups excluding carboxylic acids is 1. The molecule has 5 rings (SSSR count). The molecule has 2 aliphatic rings. The number of benzene rings is 2. The van der Waals surface area contributed by atoms with Gasteiger partial charge in [-0.25, -0.2) is 0 Å². The minimum Gasteiger partial charge on any atom is -0.331 e. The first-order chi connectivity index (χ1) is 14.9. The van der Waals surface area contributed by atoms with Crippen molar-refractivity contribution in [2.24, 2.45) is 0 Å². The highest BCUT2D eigenvalue weighted by Gasteiger charge is 2.40. The zero-order chi connectivity index (χ0) is 21.6. The van der Waals surface area contributed by atoms with Gasteiger partial charge in [0, 0.05) is 29.6 Å². The molecule has 0 unspecified atom stereocenters. The number of hydrogen-bond donors (Lipinski definition) is 0. The summed E-state index contributed by atoms with van der Waals surface area (Å²) in [5.74, 6) is -1.39. The van der Waals surface area contributed by atoms with Crippen molar-refractivity contribution in [3.8, 4) is 11.4 Å². The molecule has 3 aromatic rings. The lowest BCUT2D eigenvalue weighted by molar-refractivity contribution is -0.159. The summed E-state index contributed by atoms with van der Waals surface area (Å²) in [5.41, 5.74) is 2.93. The number of hydrogen-bond acceptors (Lipinski definition) is 4. The molecule has 1 aliphatic carbocycles. The lowest BCUT2D eigenvalue weighted by Crippen LogP contribution is -2.41. The average Bonchev–Trinajstić information content (AvgIpc) is 3.40. The van der Waals surface area contributed by atoms with Gasteiger partial charge in [0.15, 0.2) is 0 Å². The van der Waals surface area contributed by atoms with Crippen molar-refractivity contribution in [2.45, 2.75) is 50.4 Å². The Morgan fingerprint density at radius 3 is 2.55 bits per heavy atom. The second kappa shape index (κ2) is 7.51. The van der Waals surface area contributed by atoms with E-state index in [9.17, 15) is 18.0 Å². The number of halogens is 3. The van der Waals surface area contributed by atoms with Gasteiger partial charge in [-0.3, -0.25) is 4.79 Å². The van der Waals surface area contributed by atoms with Crippen LogP contribution in [0.5, 0.6) is 0 Å². The van der Waals surface area contributed by atoms with E-state index in [1.165, 1.54) is 5.56 Å². The standard InChI is InChI=1S/C23H20F3N3O2/c24-23(25,26)22-27-20(28-31-22)15-10-11-16-13-29(21(30)18(16)12-15)19-9-5-4-8-17(19)14-6-2-1-3-7-14/h1-3,6-7,10-12,17,19H,4-5,8-9,13H2/t17-,19+/m0/s1. The first-order valence-electron chi connectivity index (χ1n) is 10.3. The third kappa shape index (κ3) is 3.60. The van der Waals surface area contributed by atoms with Crippen LogP contribution in [-0.4, -0.2) is 27.0 Å². The fourth-order valence-electron chi connectivity index (χ4n) is 4.76. The zero-order valence-electron chi connectivity index (χ0n) is 16.6. The highest BCUT2D eigenvalue weighted by Crippen LogP contribution is 2.40. The largest absolute Gasteiger partial charge is 0.471 e. The number of aromatic nitrogens is 2. The van der Waals surface area contributed by atoms with Crippen LogP contribution in [0.2, 0.25) is 0 Å². The fourth-order valence-corrected chi connectivity index (χ4v) is 4.76. The smallest absolute Gasteiger partial charge is 0.331 e. The molecule has 1 aliphatic heterocycles. The summed E-state index contributed by atoms with van der Waals surface area (Å²) in [7, 11) is 0. The molecule has 5 nitrogen and oxygen atoms in total. The molecule has 1 fully saturated rings. The Morgan fingerprint density at radius 1 is 1.03 bits per heavy atom. The lowest BCUT2D eigenvalue weighted by Gasteiger charge is -2.38. The van der Waals surface area contributed by atoms with Crippen LogP contribution in [0, 0.1) is 0 Å². The average molecular weight is 427 g/mol. The first kappa shape index (κ1) is 19.8. The van der Waals surface area contributed by atoms with Gasteiger partial charge in [-0.1, -0.05) is 60.5 Å². The molecule has 0 N–H and O–H groups in total. The van der Waals surface area contributed by atoms with Crippen LogP contribution < -0.4 is 0 Å². The lowest BCUT2D eigenvalue weighted by atomic mass is 9.79. The van der Waals surface area contributed by atoms with E-state index < -0.39 is 12.1 Å². The van der Waals surface area contributed by atoms with E-state index in [-0.39, 0.29) is 23.7 Å². The molecule has 1 aromatic heterocycles. The number of nitrogens with zero attached hydrogens (tertiary/aromatic N) is 3. The van der Waals surface area contributed by atoms with E-state index in [2.05, 4.69) is 26.8 Å². The van der Waals surface area contributed by atoms with Crippen molar-refractivity contribution in [3.05, 3.63) is 71.1 Å². The zero-order valence-corrected chi connectivity index (χ0v) is 16.6. The summed E-state index contributed by atoms with van der Waals surface area (Å²) in [6.07, 6.45) is -0.534. The van der Waals surface area contributed by atoms with Crippen molar-refractivity contribution >= 4 is 5.91 Å². The van der Waals surface area contributed by atoms with Crippen molar-refractivity contribution in [3.63, 3.8) is 0 Å². The van der Waals surface area contributed by atoms with Crippen LogP contribution in [0.1, 0.15) is 59.0 Å². The highest BCUT2D eigenvalue weighted by atomic mass is 19.4. The van der Waals surface area contributed by atoms with E-state index in [1.54, 1.807) is 18.2 Å². The van der Waals surface area contributed by atoms with Crippen LogP contribution in [0.3, 0.4) is 0 Å². The van der Waals surface area contributed by atoms with Gasteiger partial charge in [-0.15, -0.1) is 0 Å². The van der Waals surface area contributed by atoms with Crippen LogP contribution >= 0.6 is 0 Å². The van der Waals surface area contributed by atoms with Gasteiger partial charge in [0.25, 0.3) is 5.91 Å². The molecule has 0 spiro atoms. The van der Waals surface area contributed by atoms with E-state index >= 15 is 0 Å². The summed E-state index contributed by atoms with van der Waals surface area (Å²) in [5, 5.41) is 3.43. The molecule has 2 heterocycles. The number of fused-ring (bicyclic) bond motifs is 1. The van der Waals surface area contributed by atoms with Gasteiger partial charge < -0.3 is 9.42 Å². The quantitative estimate of drug-likeness (QED) is 0.559. The molecular formula is C23H20F3N3O2. The molecule has 2 aromatic carbocycles. The Hall–Kier alpha value is -3.16. The Kier molecular flexibility index (Phi) is 4.79. The van der Waals surface area contributed by atoms with Gasteiger partial charge >= 0.3 is 12.1 Å². The van der Waals surface area contributed by atoms with Crippen molar-refractivity contribution in [1.29, 1.82) is 0 Å². The Labute approximate surface area is 176 Å². The molecule has 0 radical (unpaired) electrons. The highest BCUT2D eigenvalue weighted by molar-refractivity contribution is 5.99. The molecule has 31 heavy (non-hydrogen) atoms. The number of alkyl halides is 3. The second-order valence-electron chi connectivity index (χ2n) is 8.09. The fraction of sp³-hybridized carbons (Fsp3) is 0.348. The summed E-state index contributed by atoms with van der Waals surface area (Å²) in [6, 6.07) is 15.3. The second-order valence-corrected chi connectivity index (χ2v) is 8.09. The predicted molar refractivity (Wildman–Crippen MR) is 106 cm³/mol. The molecule has 8 heteroatoms. The van der Waals surface area contributed by atoms with Gasteiger partial charge in [0.05, 0.1) is 0 Å². The van der Waals surface area contributed by atoms with Gasteiger partial charge in [-0.05, 0) is 30.0 Å². The topological polar surface area (TPSA) is 59.2 Å². The molecule has 160 valence electrons. The summed E-state index contributed by atoms with van der Waals surface area (Å²) < 4.78 is 42.7. The monoisotopic (exact) mass is 427 g/mol. The Balaban J connectivity index is 1.43. The SMILES string of the molecule is O=C1c2cc(-c3noc(C(F)(F)F)n3)ccc2CN1[C@@H]1CCCC[C@H]1c1ccccc1.